The third kappa shape index (κ3) is 5.44. The van der Waals surface area contributed by atoms with Crippen LogP contribution < -0.4 is 10.1 Å². The second-order valence-electron chi connectivity index (χ2n) is 6.20. The van der Waals surface area contributed by atoms with Crippen LogP contribution in [-0.2, 0) is 9.59 Å². The van der Waals surface area contributed by atoms with Crippen molar-refractivity contribution >= 4 is 63.3 Å². The summed E-state index contributed by atoms with van der Waals surface area (Å²) in [6, 6.07) is 12.0. The topological polar surface area (TPSA) is 71.0 Å². The number of carbonyl (C=O) groups is 2. The predicted molar refractivity (Wildman–Crippen MR) is 119 cm³/mol. The first-order chi connectivity index (χ1) is 13.9. The van der Waals surface area contributed by atoms with Crippen molar-refractivity contribution < 1.29 is 14.3 Å². The van der Waals surface area contributed by atoms with Gasteiger partial charge in [-0.05, 0) is 49.4 Å². The Morgan fingerprint density at radius 2 is 1.97 bits per heavy atom. The van der Waals surface area contributed by atoms with Gasteiger partial charge in [0.05, 0.1) is 22.3 Å². The number of hydrogen-bond donors (Lipinski definition) is 1. The highest BCUT2D eigenvalue weighted by atomic mass is 35.5. The summed E-state index contributed by atoms with van der Waals surface area (Å²) in [6.07, 6.45) is 0.0877. The molecule has 1 N–H and O–H groups in total. The molecule has 2 aromatic carbocycles. The minimum absolute atomic E-state index is 0.0877. The van der Waals surface area contributed by atoms with Gasteiger partial charge >= 0.3 is 0 Å². The number of ether oxygens (including phenoxy) is 1. The smallest absolute Gasteiger partial charge is 0.238 e. The lowest BCUT2D eigenvalue weighted by Gasteiger charge is -2.28. The molecule has 0 radical (unpaired) electrons. The predicted octanol–water partition coefficient (Wildman–Crippen LogP) is 4.98. The summed E-state index contributed by atoms with van der Waals surface area (Å²) in [5.74, 6) is 0.280. The molecule has 6 nitrogen and oxygen atoms in total. The number of amides is 2. The molecule has 152 valence electrons. The van der Waals surface area contributed by atoms with E-state index in [-0.39, 0.29) is 18.2 Å². The number of hydrogen-bond acceptors (Lipinski definition) is 5. The van der Waals surface area contributed by atoms with Crippen molar-refractivity contribution in [2.45, 2.75) is 18.6 Å². The van der Waals surface area contributed by atoms with Crippen molar-refractivity contribution in [1.82, 2.24) is 4.90 Å². The van der Waals surface area contributed by atoms with Gasteiger partial charge < -0.3 is 10.1 Å². The fourth-order valence-electron chi connectivity index (χ4n) is 2.59. The van der Waals surface area contributed by atoms with E-state index in [1.165, 1.54) is 16.7 Å². The number of nitrogens with zero attached hydrogens (tertiary/aromatic N) is 2. The SMILES string of the molecule is CCOc1ccc(NC(=O)C2CC(=O)N(C)C(=Nc3ccc(Cl)c(Cl)c3)S2)cc1. The molecule has 9 heteroatoms. The van der Waals surface area contributed by atoms with Gasteiger partial charge in [0.25, 0.3) is 0 Å². The average Bonchev–Trinajstić information content (AvgIpc) is 2.69. The van der Waals surface area contributed by atoms with E-state index in [0.29, 0.717) is 33.2 Å². The molecule has 0 aromatic heterocycles. The zero-order chi connectivity index (χ0) is 21.0. The molecule has 2 aromatic rings. The highest BCUT2D eigenvalue weighted by Gasteiger charge is 2.34. The van der Waals surface area contributed by atoms with E-state index in [1.807, 2.05) is 6.92 Å². The van der Waals surface area contributed by atoms with Crippen LogP contribution in [0.15, 0.2) is 47.5 Å². The van der Waals surface area contributed by atoms with E-state index < -0.39 is 5.25 Å². The number of rotatable bonds is 5. The molecule has 29 heavy (non-hydrogen) atoms. The summed E-state index contributed by atoms with van der Waals surface area (Å²) >= 11 is 13.2. The van der Waals surface area contributed by atoms with Crippen molar-refractivity contribution in [2.24, 2.45) is 4.99 Å². The molecule has 1 fully saturated rings. The van der Waals surface area contributed by atoms with Crippen LogP contribution in [0, 0.1) is 0 Å². The fourth-order valence-corrected chi connectivity index (χ4v) is 3.94. The molecule has 0 saturated carbocycles. The molecule has 3 rings (SSSR count). The van der Waals surface area contributed by atoms with Gasteiger partial charge in [0.1, 0.15) is 11.0 Å². The second-order valence-corrected chi connectivity index (χ2v) is 8.19. The first-order valence-electron chi connectivity index (χ1n) is 8.88. The van der Waals surface area contributed by atoms with Crippen LogP contribution >= 0.6 is 35.0 Å². The number of carbonyl (C=O) groups excluding carboxylic acids is 2. The second kappa shape index (κ2) is 9.52. The zero-order valence-corrected chi connectivity index (χ0v) is 18.1. The zero-order valence-electron chi connectivity index (χ0n) is 15.8. The Balaban J connectivity index is 1.74. The van der Waals surface area contributed by atoms with Crippen molar-refractivity contribution in [3.8, 4) is 5.75 Å². The lowest BCUT2D eigenvalue weighted by molar-refractivity contribution is -0.128. The van der Waals surface area contributed by atoms with Crippen LogP contribution in [0.4, 0.5) is 11.4 Å². The van der Waals surface area contributed by atoms with Crippen molar-refractivity contribution in [3.05, 3.63) is 52.5 Å². The van der Waals surface area contributed by atoms with Gasteiger partial charge in [-0.25, -0.2) is 4.99 Å². The van der Waals surface area contributed by atoms with Gasteiger partial charge in [-0.15, -0.1) is 0 Å². The maximum atomic E-state index is 12.7. The highest BCUT2D eigenvalue weighted by Crippen LogP contribution is 2.31. The molecule has 1 atom stereocenters. The normalized spacial score (nSPS) is 18.1. The minimum atomic E-state index is -0.591. The largest absolute Gasteiger partial charge is 0.494 e. The lowest BCUT2D eigenvalue weighted by Crippen LogP contribution is -2.43. The molecule has 0 spiro atoms. The number of amidine groups is 1. The van der Waals surface area contributed by atoms with Crippen LogP contribution in [0.2, 0.25) is 10.0 Å². The van der Waals surface area contributed by atoms with Crippen LogP contribution in [0.25, 0.3) is 0 Å². The Bertz CT molecular complexity index is 950. The Morgan fingerprint density at radius 3 is 2.62 bits per heavy atom. The molecule has 2 amide bonds. The van der Waals surface area contributed by atoms with E-state index in [9.17, 15) is 9.59 Å². The first-order valence-corrected chi connectivity index (χ1v) is 10.5. The van der Waals surface area contributed by atoms with Gasteiger partial charge in [-0.1, -0.05) is 35.0 Å². The van der Waals surface area contributed by atoms with E-state index in [0.717, 1.165) is 5.75 Å². The van der Waals surface area contributed by atoms with Crippen LogP contribution in [0.1, 0.15) is 13.3 Å². The third-order valence-electron chi connectivity index (χ3n) is 4.12. The summed E-state index contributed by atoms with van der Waals surface area (Å²) in [7, 11) is 1.63. The van der Waals surface area contributed by atoms with Crippen LogP contribution in [-0.4, -0.2) is 40.8 Å². The molecule has 1 unspecified atom stereocenters. The number of halogens is 2. The number of thioether (sulfide) groups is 1. The maximum Gasteiger partial charge on any atom is 0.238 e. The molecule has 1 aliphatic rings. The van der Waals surface area contributed by atoms with Crippen LogP contribution in [0.3, 0.4) is 0 Å². The van der Waals surface area contributed by atoms with Gasteiger partial charge in [-0.3, -0.25) is 14.5 Å². The van der Waals surface area contributed by atoms with Gasteiger partial charge in [-0.2, -0.15) is 0 Å². The first kappa shape index (κ1) is 21.5. The Morgan fingerprint density at radius 1 is 1.24 bits per heavy atom. The Kier molecular flexibility index (Phi) is 7.05. The molecular weight excluding hydrogens is 433 g/mol. The monoisotopic (exact) mass is 451 g/mol. The maximum absolute atomic E-state index is 12.7. The third-order valence-corrected chi connectivity index (χ3v) is 6.10. The summed E-state index contributed by atoms with van der Waals surface area (Å²) in [5, 5.41) is 3.46. The van der Waals surface area contributed by atoms with Crippen molar-refractivity contribution in [3.63, 3.8) is 0 Å². The van der Waals surface area contributed by atoms with Gasteiger partial charge in [0, 0.05) is 19.2 Å². The molecule has 0 aliphatic carbocycles. The molecule has 0 bridgehead atoms. The molecule has 1 heterocycles. The number of aliphatic imine (C=N–C) groups is 1. The number of benzene rings is 2. The van der Waals surface area contributed by atoms with E-state index in [1.54, 1.807) is 49.5 Å². The fraction of sp³-hybridized carbons (Fsp3) is 0.250. The highest BCUT2D eigenvalue weighted by molar-refractivity contribution is 8.15. The molecular formula is C20H19Cl2N3O3S. The average molecular weight is 452 g/mol. The molecule has 1 saturated heterocycles. The summed E-state index contributed by atoms with van der Waals surface area (Å²) in [6.45, 7) is 2.47. The minimum Gasteiger partial charge on any atom is -0.494 e. The lowest BCUT2D eigenvalue weighted by atomic mass is 10.2. The summed E-state index contributed by atoms with van der Waals surface area (Å²) in [4.78, 5) is 31.0. The Hall–Kier alpha value is -2.22. The van der Waals surface area contributed by atoms with Gasteiger partial charge in [0.2, 0.25) is 11.8 Å². The van der Waals surface area contributed by atoms with E-state index in [2.05, 4.69) is 10.3 Å². The van der Waals surface area contributed by atoms with Crippen molar-refractivity contribution in [2.75, 3.05) is 19.0 Å². The van der Waals surface area contributed by atoms with Crippen molar-refractivity contribution in [1.29, 1.82) is 0 Å². The molecule has 1 aliphatic heterocycles. The van der Waals surface area contributed by atoms with E-state index in [4.69, 9.17) is 27.9 Å². The summed E-state index contributed by atoms with van der Waals surface area (Å²) in [5.41, 5.74) is 1.18. The van der Waals surface area contributed by atoms with Gasteiger partial charge in [0.15, 0.2) is 5.17 Å². The van der Waals surface area contributed by atoms with Crippen LogP contribution in [0.5, 0.6) is 5.75 Å². The quantitative estimate of drug-likeness (QED) is 0.695. The number of nitrogens with one attached hydrogen (secondary N) is 1. The summed E-state index contributed by atoms with van der Waals surface area (Å²) < 4.78 is 5.39. The Labute approximate surface area is 183 Å². The van der Waals surface area contributed by atoms with E-state index >= 15 is 0 Å². The number of anilines is 1. The standard InChI is InChI=1S/C20H19Cl2N3O3S/c1-3-28-14-7-4-12(5-8-14)23-19(27)17-11-18(26)25(2)20(29-17)24-13-6-9-15(21)16(22)10-13/h4-10,17H,3,11H2,1-2H3,(H,23,27).